The molecule has 2 aromatic rings. The predicted molar refractivity (Wildman–Crippen MR) is 105 cm³/mol. The molecule has 1 fully saturated rings. The molecule has 0 bridgehead atoms. The zero-order chi connectivity index (χ0) is 16.8. The molecular weight excluding hydrogens is 332 g/mol. The largest absolute Gasteiger partial charge is 0.342 e. The summed E-state index contributed by atoms with van der Waals surface area (Å²) in [5.74, 6) is 1.00. The van der Waals surface area contributed by atoms with Gasteiger partial charge in [0.1, 0.15) is 0 Å². The Morgan fingerprint density at radius 2 is 1.64 bits per heavy atom. The van der Waals surface area contributed by atoms with E-state index < -0.39 is 0 Å². The first kappa shape index (κ1) is 19.5. The average molecular weight is 359 g/mol. The minimum atomic E-state index is 0. The van der Waals surface area contributed by atoms with E-state index >= 15 is 0 Å². The molecule has 0 aliphatic carbocycles. The summed E-state index contributed by atoms with van der Waals surface area (Å²) in [7, 11) is 0. The lowest BCUT2D eigenvalue weighted by molar-refractivity contribution is -0.130. The van der Waals surface area contributed by atoms with Crippen LogP contribution in [0.4, 0.5) is 0 Å². The first-order valence-corrected chi connectivity index (χ1v) is 8.84. The van der Waals surface area contributed by atoms with Crippen LogP contribution in [-0.4, -0.2) is 30.4 Å². The molecule has 3 rings (SSSR count). The Hall–Kier alpha value is -1.84. The Bertz CT molecular complexity index is 647. The lowest BCUT2D eigenvalue weighted by Gasteiger charge is -2.17. The molecule has 1 saturated heterocycles. The monoisotopic (exact) mass is 358 g/mol. The van der Waals surface area contributed by atoms with Crippen molar-refractivity contribution in [2.45, 2.75) is 25.2 Å². The van der Waals surface area contributed by atoms with E-state index in [2.05, 4.69) is 36.4 Å². The van der Waals surface area contributed by atoms with Crippen LogP contribution in [0.25, 0.3) is 0 Å². The van der Waals surface area contributed by atoms with E-state index in [0.29, 0.717) is 24.8 Å². The lowest BCUT2D eigenvalue weighted by atomic mass is 9.89. The second-order valence-electron chi connectivity index (χ2n) is 6.65. The fraction of sp³-hybridized carbons (Fsp3) is 0.381. The van der Waals surface area contributed by atoms with Crippen molar-refractivity contribution in [3.63, 3.8) is 0 Å². The predicted octanol–water partition coefficient (Wildman–Crippen LogP) is 3.63. The number of nitrogens with zero attached hydrogens (tertiary/aromatic N) is 1. The van der Waals surface area contributed by atoms with E-state index in [0.717, 1.165) is 25.9 Å². The highest BCUT2D eigenvalue weighted by atomic mass is 35.5. The second-order valence-corrected chi connectivity index (χ2v) is 6.65. The van der Waals surface area contributed by atoms with Crippen molar-refractivity contribution in [3.05, 3.63) is 71.8 Å². The third-order valence-electron chi connectivity index (χ3n) is 5.02. The van der Waals surface area contributed by atoms with Crippen LogP contribution in [0.3, 0.4) is 0 Å². The number of aryl methyl sites for hydroxylation is 1. The van der Waals surface area contributed by atoms with E-state index in [1.54, 1.807) is 0 Å². The Morgan fingerprint density at radius 1 is 1.00 bits per heavy atom. The van der Waals surface area contributed by atoms with Gasteiger partial charge in [0.2, 0.25) is 5.91 Å². The van der Waals surface area contributed by atoms with Crippen LogP contribution >= 0.6 is 12.4 Å². The summed E-state index contributed by atoms with van der Waals surface area (Å²) < 4.78 is 0. The van der Waals surface area contributed by atoms with Gasteiger partial charge in [-0.05, 0) is 36.4 Å². The van der Waals surface area contributed by atoms with Crippen LogP contribution in [0, 0.1) is 5.92 Å². The lowest BCUT2D eigenvalue weighted by Crippen LogP contribution is -2.29. The van der Waals surface area contributed by atoms with Gasteiger partial charge >= 0.3 is 0 Å². The van der Waals surface area contributed by atoms with Crippen molar-refractivity contribution in [3.8, 4) is 0 Å². The van der Waals surface area contributed by atoms with Gasteiger partial charge in [0.15, 0.2) is 0 Å². The van der Waals surface area contributed by atoms with Gasteiger partial charge in [-0.15, -0.1) is 12.4 Å². The molecule has 0 unspecified atom stereocenters. The van der Waals surface area contributed by atoms with Crippen LogP contribution < -0.4 is 5.73 Å². The Balaban J connectivity index is 0.00000225. The Labute approximate surface area is 156 Å². The molecule has 2 atom stereocenters. The number of carbonyl (C=O) groups excluding carboxylic acids is 1. The molecule has 134 valence electrons. The van der Waals surface area contributed by atoms with Crippen LogP contribution in [0.1, 0.15) is 29.9 Å². The normalized spacial score (nSPS) is 19.5. The maximum Gasteiger partial charge on any atom is 0.222 e. The number of benzene rings is 2. The summed E-state index contributed by atoms with van der Waals surface area (Å²) in [6, 6.07) is 20.8. The molecule has 0 spiro atoms. The van der Waals surface area contributed by atoms with Gasteiger partial charge in [-0.25, -0.2) is 0 Å². The van der Waals surface area contributed by atoms with Crippen molar-refractivity contribution >= 4 is 18.3 Å². The van der Waals surface area contributed by atoms with Gasteiger partial charge in [0.05, 0.1) is 0 Å². The summed E-state index contributed by atoms with van der Waals surface area (Å²) in [5.41, 5.74) is 8.56. The van der Waals surface area contributed by atoms with E-state index in [1.165, 1.54) is 11.1 Å². The smallest absolute Gasteiger partial charge is 0.222 e. The molecule has 0 radical (unpaired) electrons. The van der Waals surface area contributed by atoms with E-state index in [9.17, 15) is 4.79 Å². The van der Waals surface area contributed by atoms with E-state index in [-0.39, 0.29) is 18.3 Å². The Morgan fingerprint density at radius 3 is 2.28 bits per heavy atom. The van der Waals surface area contributed by atoms with E-state index in [1.807, 2.05) is 29.2 Å². The van der Waals surface area contributed by atoms with Crippen molar-refractivity contribution < 1.29 is 4.79 Å². The summed E-state index contributed by atoms with van der Waals surface area (Å²) in [6.45, 7) is 2.23. The third kappa shape index (κ3) is 5.07. The van der Waals surface area contributed by atoms with Gasteiger partial charge < -0.3 is 10.6 Å². The van der Waals surface area contributed by atoms with Gasteiger partial charge in [0.25, 0.3) is 0 Å². The van der Waals surface area contributed by atoms with Crippen molar-refractivity contribution in [1.29, 1.82) is 0 Å². The highest BCUT2D eigenvalue weighted by Crippen LogP contribution is 2.32. The molecular formula is C21H27ClN2O. The quantitative estimate of drug-likeness (QED) is 0.857. The van der Waals surface area contributed by atoms with Crippen LogP contribution in [0.15, 0.2) is 60.7 Å². The van der Waals surface area contributed by atoms with Gasteiger partial charge in [-0.1, -0.05) is 60.7 Å². The minimum Gasteiger partial charge on any atom is -0.342 e. The first-order chi connectivity index (χ1) is 11.8. The number of carbonyl (C=O) groups is 1. The first-order valence-electron chi connectivity index (χ1n) is 8.84. The van der Waals surface area contributed by atoms with E-state index in [4.69, 9.17) is 5.73 Å². The number of hydrogen-bond acceptors (Lipinski definition) is 2. The second kappa shape index (κ2) is 9.59. The Kier molecular flexibility index (Phi) is 7.48. The number of likely N-dealkylation sites (tertiary alicyclic amines) is 1. The average Bonchev–Trinajstić information content (AvgIpc) is 3.08. The zero-order valence-electron chi connectivity index (χ0n) is 14.5. The number of hydrogen-bond donors (Lipinski definition) is 1. The van der Waals surface area contributed by atoms with Crippen molar-refractivity contribution in [2.75, 3.05) is 19.6 Å². The number of nitrogens with two attached hydrogens (primary N) is 1. The van der Waals surface area contributed by atoms with Crippen molar-refractivity contribution in [1.82, 2.24) is 4.90 Å². The molecule has 1 aliphatic heterocycles. The zero-order valence-corrected chi connectivity index (χ0v) is 15.3. The number of rotatable bonds is 6. The molecule has 0 saturated carbocycles. The molecule has 1 aliphatic rings. The van der Waals surface area contributed by atoms with Crippen LogP contribution in [0.2, 0.25) is 0 Å². The molecule has 1 heterocycles. The fourth-order valence-corrected chi connectivity index (χ4v) is 3.64. The molecule has 2 N–H and O–H groups in total. The molecule has 0 aromatic heterocycles. The molecule has 1 amide bonds. The third-order valence-corrected chi connectivity index (χ3v) is 5.02. The van der Waals surface area contributed by atoms with Crippen LogP contribution in [-0.2, 0) is 11.2 Å². The van der Waals surface area contributed by atoms with Crippen molar-refractivity contribution in [2.24, 2.45) is 11.7 Å². The standard InChI is InChI=1S/C21H26N2O.ClH/c22-14-19-15-23(16-20(19)18-11-5-2-6-12-18)21(24)13-7-10-17-8-3-1-4-9-17;/h1-6,8-9,11-12,19-20H,7,10,13-16,22H2;1H/t19-,20+;/m1./s1. The maximum absolute atomic E-state index is 12.6. The highest BCUT2D eigenvalue weighted by Gasteiger charge is 2.34. The molecule has 25 heavy (non-hydrogen) atoms. The maximum atomic E-state index is 12.6. The summed E-state index contributed by atoms with van der Waals surface area (Å²) in [4.78, 5) is 14.6. The summed E-state index contributed by atoms with van der Waals surface area (Å²) in [5, 5.41) is 0. The van der Waals surface area contributed by atoms with Crippen LogP contribution in [0.5, 0.6) is 0 Å². The SMILES string of the molecule is Cl.NC[C@@H]1CN(C(=O)CCCc2ccccc2)C[C@H]1c1ccccc1. The minimum absolute atomic E-state index is 0. The summed E-state index contributed by atoms with van der Waals surface area (Å²) in [6.07, 6.45) is 2.49. The number of halogens is 1. The topological polar surface area (TPSA) is 46.3 Å². The summed E-state index contributed by atoms with van der Waals surface area (Å²) >= 11 is 0. The van der Waals surface area contributed by atoms with Gasteiger partial charge in [0, 0.05) is 25.4 Å². The van der Waals surface area contributed by atoms with Gasteiger partial charge in [-0.2, -0.15) is 0 Å². The highest BCUT2D eigenvalue weighted by molar-refractivity contribution is 5.85. The molecule has 3 nitrogen and oxygen atoms in total. The molecule has 4 heteroatoms. The fourth-order valence-electron chi connectivity index (χ4n) is 3.64. The molecule has 2 aromatic carbocycles. The van der Waals surface area contributed by atoms with Gasteiger partial charge in [-0.3, -0.25) is 4.79 Å². The number of amides is 1.